The molecule has 2 rings (SSSR count). The number of nitrogens with one attached hydrogen (secondary N) is 1. The molecular formula is C12H15N3. The van der Waals surface area contributed by atoms with Gasteiger partial charge >= 0.3 is 0 Å². The minimum absolute atomic E-state index is 0.931. The Bertz CT molecular complexity index is 518. The fourth-order valence-corrected chi connectivity index (χ4v) is 1.74. The summed E-state index contributed by atoms with van der Waals surface area (Å²) in [6, 6.07) is 6.17. The highest BCUT2D eigenvalue weighted by Gasteiger charge is 2.04. The summed E-state index contributed by atoms with van der Waals surface area (Å²) in [5, 5.41) is 1.08. The van der Waals surface area contributed by atoms with Crippen LogP contribution >= 0.6 is 0 Å². The molecule has 3 heteroatoms. The lowest BCUT2D eigenvalue weighted by Gasteiger charge is -2.09. The lowest BCUT2D eigenvalue weighted by molar-refractivity contribution is 1.23. The van der Waals surface area contributed by atoms with Crippen molar-refractivity contribution in [2.75, 3.05) is 5.43 Å². The molecule has 0 amide bonds. The Hall–Kier alpha value is -1.61. The minimum atomic E-state index is 0.931. The lowest BCUT2D eigenvalue weighted by Crippen LogP contribution is -2.08. The van der Waals surface area contributed by atoms with Gasteiger partial charge in [-0.25, -0.2) is 0 Å². The Balaban J connectivity index is 2.84. The first-order chi connectivity index (χ1) is 7.11. The van der Waals surface area contributed by atoms with Crippen molar-refractivity contribution in [1.29, 1.82) is 0 Å². The molecule has 0 fully saturated rings. The number of nitrogens with zero attached hydrogens (tertiary/aromatic N) is 1. The van der Waals surface area contributed by atoms with Crippen LogP contribution in [0.15, 0.2) is 18.2 Å². The Morgan fingerprint density at radius 1 is 1.07 bits per heavy atom. The highest BCUT2D eigenvalue weighted by molar-refractivity contribution is 5.92. The van der Waals surface area contributed by atoms with E-state index in [9.17, 15) is 0 Å². The van der Waals surface area contributed by atoms with Gasteiger partial charge in [-0.1, -0.05) is 0 Å². The van der Waals surface area contributed by atoms with Crippen LogP contribution in [0.5, 0.6) is 0 Å². The van der Waals surface area contributed by atoms with Crippen molar-refractivity contribution in [1.82, 2.24) is 4.98 Å². The van der Waals surface area contributed by atoms with Crippen molar-refractivity contribution in [3.63, 3.8) is 0 Å². The number of anilines is 1. The van der Waals surface area contributed by atoms with Crippen LogP contribution in [0.25, 0.3) is 10.9 Å². The second-order valence-corrected chi connectivity index (χ2v) is 3.91. The summed E-state index contributed by atoms with van der Waals surface area (Å²) >= 11 is 0. The number of aromatic nitrogens is 1. The molecule has 0 atom stereocenters. The van der Waals surface area contributed by atoms with Gasteiger partial charge in [0.25, 0.3) is 0 Å². The third-order valence-electron chi connectivity index (χ3n) is 2.71. The summed E-state index contributed by atoms with van der Waals surface area (Å²) in [6.45, 7) is 6.15. The third-order valence-corrected chi connectivity index (χ3v) is 2.71. The maximum atomic E-state index is 5.50. The van der Waals surface area contributed by atoms with Crippen LogP contribution in [0.3, 0.4) is 0 Å². The molecule has 0 unspecified atom stereocenters. The van der Waals surface area contributed by atoms with E-state index >= 15 is 0 Å². The maximum absolute atomic E-state index is 5.50. The van der Waals surface area contributed by atoms with Gasteiger partial charge in [-0.2, -0.15) is 0 Å². The monoisotopic (exact) mass is 201 g/mol. The summed E-state index contributed by atoms with van der Waals surface area (Å²) in [5.74, 6) is 5.50. The third kappa shape index (κ3) is 1.66. The molecule has 1 heterocycles. The minimum Gasteiger partial charge on any atom is -0.323 e. The molecule has 0 aliphatic heterocycles. The van der Waals surface area contributed by atoms with Gasteiger partial charge in [0, 0.05) is 11.1 Å². The second kappa shape index (κ2) is 3.51. The van der Waals surface area contributed by atoms with Crippen LogP contribution in [-0.2, 0) is 0 Å². The molecule has 0 saturated heterocycles. The van der Waals surface area contributed by atoms with E-state index in [0.717, 1.165) is 22.3 Å². The van der Waals surface area contributed by atoms with Crippen LogP contribution in [-0.4, -0.2) is 4.98 Å². The normalized spacial score (nSPS) is 10.7. The van der Waals surface area contributed by atoms with Crippen molar-refractivity contribution in [3.05, 3.63) is 35.0 Å². The fraction of sp³-hybridized carbons (Fsp3) is 0.250. The Morgan fingerprint density at radius 3 is 2.40 bits per heavy atom. The summed E-state index contributed by atoms with van der Waals surface area (Å²) in [7, 11) is 0. The molecule has 2 aromatic rings. The van der Waals surface area contributed by atoms with E-state index < -0.39 is 0 Å². The molecule has 15 heavy (non-hydrogen) atoms. The summed E-state index contributed by atoms with van der Waals surface area (Å²) in [4.78, 5) is 4.49. The molecule has 1 aromatic carbocycles. The number of pyridine rings is 1. The predicted octanol–water partition coefficient (Wildman–Crippen LogP) is 2.45. The molecule has 0 saturated carbocycles. The Labute approximate surface area is 89.3 Å². The Kier molecular flexibility index (Phi) is 2.32. The smallest absolute Gasteiger partial charge is 0.0729 e. The molecule has 1 aromatic heterocycles. The molecule has 78 valence electrons. The van der Waals surface area contributed by atoms with Gasteiger partial charge < -0.3 is 5.43 Å². The van der Waals surface area contributed by atoms with E-state index in [4.69, 9.17) is 5.84 Å². The number of hydrogen-bond donors (Lipinski definition) is 2. The van der Waals surface area contributed by atoms with E-state index in [0.29, 0.717) is 0 Å². The van der Waals surface area contributed by atoms with E-state index in [1.807, 2.05) is 13.0 Å². The largest absolute Gasteiger partial charge is 0.323 e. The highest BCUT2D eigenvalue weighted by Crippen LogP contribution is 2.25. The van der Waals surface area contributed by atoms with Crippen LogP contribution in [0.1, 0.15) is 16.8 Å². The van der Waals surface area contributed by atoms with Crippen molar-refractivity contribution in [2.24, 2.45) is 5.84 Å². The molecule has 0 spiro atoms. The van der Waals surface area contributed by atoms with E-state index in [-0.39, 0.29) is 0 Å². The zero-order valence-corrected chi connectivity index (χ0v) is 9.26. The topological polar surface area (TPSA) is 50.9 Å². The quantitative estimate of drug-likeness (QED) is 0.550. The number of hydrazine groups is 1. The van der Waals surface area contributed by atoms with Gasteiger partial charge in [0.05, 0.1) is 11.2 Å². The predicted molar refractivity (Wildman–Crippen MR) is 63.8 cm³/mol. The zero-order valence-electron chi connectivity index (χ0n) is 9.26. The average Bonchev–Trinajstić information content (AvgIpc) is 2.19. The molecule has 0 aliphatic rings. The van der Waals surface area contributed by atoms with E-state index in [2.05, 4.69) is 36.4 Å². The van der Waals surface area contributed by atoms with Gasteiger partial charge in [0.15, 0.2) is 0 Å². The molecule has 0 aliphatic carbocycles. The number of nitrogens with two attached hydrogens (primary N) is 1. The summed E-state index contributed by atoms with van der Waals surface area (Å²) < 4.78 is 0. The van der Waals surface area contributed by atoms with Crippen LogP contribution < -0.4 is 11.3 Å². The first-order valence-corrected chi connectivity index (χ1v) is 4.97. The highest BCUT2D eigenvalue weighted by atomic mass is 15.2. The van der Waals surface area contributed by atoms with Crippen LogP contribution in [0.4, 0.5) is 5.69 Å². The van der Waals surface area contributed by atoms with Crippen LogP contribution in [0, 0.1) is 20.8 Å². The summed E-state index contributed by atoms with van der Waals surface area (Å²) in [5.41, 5.74) is 8.12. The lowest BCUT2D eigenvalue weighted by atomic mass is 10.0. The van der Waals surface area contributed by atoms with Crippen LogP contribution in [0.2, 0.25) is 0 Å². The molecule has 3 nitrogen and oxygen atoms in total. The number of nitrogen functional groups attached to an aromatic ring is 1. The SMILES string of the molecule is Cc1cc(NN)c2cc(C)c(C)cc2n1. The van der Waals surface area contributed by atoms with Gasteiger partial charge in [-0.15, -0.1) is 0 Å². The summed E-state index contributed by atoms with van der Waals surface area (Å²) in [6.07, 6.45) is 0. The van der Waals surface area contributed by atoms with E-state index in [1.54, 1.807) is 0 Å². The first kappa shape index (κ1) is 9.93. The standard InChI is InChI=1S/C12H15N3/c1-7-4-10-11(5-8(7)2)14-9(3)6-12(10)15-13/h4-6H,13H2,1-3H3,(H,14,15). The van der Waals surface area contributed by atoms with E-state index in [1.165, 1.54) is 11.1 Å². The second-order valence-electron chi connectivity index (χ2n) is 3.91. The van der Waals surface area contributed by atoms with Gasteiger partial charge in [-0.3, -0.25) is 10.8 Å². The Morgan fingerprint density at radius 2 is 1.73 bits per heavy atom. The number of hydrogen-bond acceptors (Lipinski definition) is 3. The number of rotatable bonds is 1. The number of aryl methyl sites for hydroxylation is 3. The zero-order chi connectivity index (χ0) is 11.0. The maximum Gasteiger partial charge on any atom is 0.0729 e. The number of benzene rings is 1. The fourth-order valence-electron chi connectivity index (χ4n) is 1.74. The first-order valence-electron chi connectivity index (χ1n) is 4.97. The van der Waals surface area contributed by atoms with Crippen molar-refractivity contribution >= 4 is 16.6 Å². The van der Waals surface area contributed by atoms with Gasteiger partial charge in [-0.05, 0) is 50.1 Å². The molecule has 0 bridgehead atoms. The average molecular weight is 201 g/mol. The van der Waals surface area contributed by atoms with Gasteiger partial charge in [0.2, 0.25) is 0 Å². The molecule has 0 radical (unpaired) electrons. The molecule has 3 N–H and O–H groups in total. The van der Waals surface area contributed by atoms with Crippen molar-refractivity contribution < 1.29 is 0 Å². The molecular weight excluding hydrogens is 186 g/mol. The van der Waals surface area contributed by atoms with Gasteiger partial charge in [0.1, 0.15) is 0 Å². The van der Waals surface area contributed by atoms with Crippen molar-refractivity contribution in [3.8, 4) is 0 Å². The number of fused-ring (bicyclic) bond motifs is 1. The van der Waals surface area contributed by atoms with Crippen molar-refractivity contribution in [2.45, 2.75) is 20.8 Å².